The Bertz CT molecular complexity index is 953. The first kappa shape index (κ1) is 18.9. The summed E-state index contributed by atoms with van der Waals surface area (Å²) < 4.78 is 5.14. The number of carbonyl (C=O) groups excluding carboxylic acids is 3. The molecule has 3 unspecified atom stereocenters. The Kier molecular flexibility index (Phi) is 5.16. The third-order valence-corrected chi connectivity index (χ3v) is 5.46. The topological polar surface area (TPSA) is 75.7 Å². The zero-order valence-corrected chi connectivity index (χ0v) is 16.1. The Labute approximate surface area is 169 Å². The molecule has 0 aromatic heterocycles. The number of methoxy groups -OCH3 is 1. The molecule has 29 heavy (non-hydrogen) atoms. The van der Waals surface area contributed by atoms with Gasteiger partial charge in [-0.3, -0.25) is 14.4 Å². The summed E-state index contributed by atoms with van der Waals surface area (Å²) in [6.45, 7) is 0. The van der Waals surface area contributed by atoms with E-state index in [0.29, 0.717) is 17.9 Å². The van der Waals surface area contributed by atoms with Gasteiger partial charge in [0, 0.05) is 0 Å². The van der Waals surface area contributed by atoms with Gasteiger partial charge in [-0.25, -0.2) is 4.90 Å². The summed E-state index contributed by atoms with van der Waals surface area (Å²) in [6, 6.07) is 15.8. The van der Waals surface area contributed by atoms with Crippen LogP contribution in [0.1, 0.15) is 12.0 Å². The van der Waals surface area contributed by atoms with E-state index < -0.39 is 17.9 Å². The molecule has 6 heteroatoms. The Morgan fingerprint density at radius 2 is 1.79 bits per heavy atom. The summed E-state index contributed by atoms with van der Waals surface area (Å²) in [5.41, 5.74) is 1.42. The lowest BCUT2D eigenvalue weighted by atomic mass is 9.81. The number of hydrogen-bond acceptors (Lipinski definition) is 4. The number of nitrogens with zero attached hydrogens (tertiary/aromatic N) is 1. The molecule has 0 saturated carbocycles. The summed E-state index contributed by atoms with van der Waals surface area (Å²) in [4.78, 5) is 39.8. The van der Waals surface area contributed by atoms with Crippen LogP contribution in [0.25, 0.3) is 0 Å². The number of amides is 3. The molecule has 6 nitrogen and oxygen atoms in total. The third kappa shape index (κ3) is 3.66. The molecule has 0 spiro atoms. The highest BCUT2D eigenvalue weighted by molar-refractivity contribution is 6.22. The molecule has 0 radical (unpaired) electrons. The molecule has 148 valence electrons. The quantitative estimate of drug-likeness (QED) is 0.629. The van der Waals surface area contributed by atoms with E-state index in [1.54, 1.807) is 31.4 Å². The van der Waals surface area contributed by atoms with Crippen molar-refractivity contribution in [3.63, 3.8) is 0 Å². The highest BCUT2D eigenvalue weighted by Gasteiger charge is 2.52. The molecule has 4 rings (SSSR count). The van der Waals surface area contributed by atoms with E-state index in [9.17, 15) is 14.4 Å². The minimum Gasteiger partial charge on any atom is -0.497 e. The first-order valence-corrected chi connectivity index (χ1v) is 9.60. The van der Waals surface area contributed by atoms with Crippen molar-refractivity contribution in [3.05, 3.63) is 72.3 Å². The standard InChI is InChI=1S/C23H22N2O4/c1-29-17-12-10-16(11-13-17)25-22(27)18-8-5-9-19(21(18)23(25)28)24-20(26)14-15-6-3-2-4-7-15/h2-7,9-13,18-19,21H,8,14H2,1H3,(H,24,26). The van der Waals surface area contributed by atoms with Crippen LogP contribution in [0.4, 0.5) is 5.69 Å². The maximum Gasteiger partial charge on any atom is 0.240 e. The van der Waals surface area contributed by atoms with Crippen LogP contribution < -0.4 is 15.0 Å². The van der Waals surface area contributed by atoms with Crippen LogP contribution in [-0.4, -0.2) is 30.9 Å². The zero-order valence-electron chi connectivity index (χ0n) is 16.1. The van der Waals surface area contributed by atoms with Crippen molar-refractivity contribution in [2.24, 2.45) is 11.8 Å². The molecular formula is C23H22N2O4. The van der Waals surface area contributed by atoms with Gasteiger partial charge in [0.25, 0.3) is 0 Å². The van der Waals surface area contributed by atoms with E-state index in [1.807, 2.05) is 42.5 Å². The molecule has 3 atom stereocenters. The molecule has 2 aromatic carbocycles. The third-order valence-electron chi connectivity index (χ3n) is 5.46. The fraction of sp³-hybridized carbons (Fsp3) is 0.261. The van der Waals surface area contributed by atoms with E-state index >= 15 is 0 Å². The van der Waals surface area contributed by atoms with E-state index in [1.165, 1.54) is 4.90 Å². The van der Waals surface area contributed by atoms with Crippen LogP contribution >= 0.6 is 0 Å². The lowest BCUT2D eigenvalue weighted by Crippen LogP contribution is -2.45. The van der Waals surface area contributed by atoms with Crippen molar-refractivity contribution in [2.75, 3.05) is 12.0 Å². The van der Waals surface area contributed by atoms with Gasteiger partial charge in [0.1, 0.15) is 5.75 Å². The Balaban J connectivity index is 1.52. The van der Waals surface area contributed by atoms with Crippen LogP contribution in [0.5, 0.6) is 5.75 Å². The van der Waals surface area contributed by atoms with Gasteiger partial charge in [0.05, 0.1) is 37.1 Å². The number of ether oxygens (including phenoxy) is 1. The smallest absolute Gasteiger partial charge is 0.240 e. The molecule has 3 amide bonds. The van der Waals surface area contributed by atoms with Crippen LogP contribution in [-0.2, 0) is 20.8 Å². The second-order valence-corrected chi connectivity index (χ2v) is 7.26. The van der Waals surface area contributed by atoms with Crippen molar-refractivity contribution >= 4 is 23.4 Å². The van der Waals surface area contributed by atoms with Gasteiger partial charge >= 0.3 is 0 Å². The van der Waals surface area contributed by atoms with E-state index in [-0.39, 0.29) is 24.1 Å². The van der Waals surface area contributed by atoms with E-state index in [4.69, 9.17) is 4.74 Å². The van der Waals surface area contributed by atoms with Gasteiger partial charge in [-0.2, -0.15) is 0 Å². The minimum atomic E-state index is -0.589. The molecule has 1 N–H and O–H groups in total. The lowest BCUT2D eigenvalue weighted by Gasteiger charge is -2.27. The summed E-state index contributed by atoms with van der Waals surface area (Å²) in [7, 11) is 1.56. The monoisotopic (exact) mass is 390 g/mol. The van der Waals surface area contributed by atoms with Crippen molar-refractivity contribution < 1.29 is 19.1 Å². The first-order chi connectivity index (χ1) is 14.1. The number of carbonyl (C=O) groups is 3. The van der Waals surface area contributed by atoms with E-state index in [2.05, 4.69) is 5.32 Å². The van der Waals surface area contributed by atoms with Crippen LogP contribution in [0.2, 0.25) is 0 Å². The number of hydrogen-bond donors (Lipinski definition) is 1. The maximum atomic E-state index is 13.1. The van der Waals surface area contributed by atoms with Crippen molar-refractivity contribution in [3.8, 4) is 5.75 Å². The Hall–Kier alpha value is -3.41. The Morgan fingerprint density at radius 3 is 2.48 bits per heavy atom. The maximum absolute atomic E-state index is 13.1. The summed E-state index contributed by atoms with van der Waals surface area (Å²) in [5, 5.41) is 2.93. The van der Waals surface area contributed by atoms with Crippen LogP contribution in [0.15, 0.2) is 66.7 Å². The highest BCUT2D eigenvalue weighted by atomic mass is 16.5. The fourth-order valence-corrected chi connectivity index (χ4v) is 4.03. The summed E-state index contributed by atoms with van der Waals surface area (Å²) >= 11 is 0. The van der Waals surface area contributed by atoms with Crippen molar-refractivity contribution in [2.45, 2.75) is 18.9 Å². The second kappa shape index (κ2) is 7.91. The summed E-state index contributed by atoms with van der Waals surface area (Å²) in [5.74, 6) is -1.07. The largest absolute Gasteiger partial charge is 0.497 e. The van der Waals surface area contributed by atoms with Crippen LogP contribution in [0, 0.1) is 11.8 Å². The molecule has 1 fully saturated rings. The first-order valence-electron chi connectivity index (χ1n) is 9.60. The normalized spacial score (nSPS) is 23.1. The van der Waals surface area contributed by atoms with Gasteiger partial charge in [0.15, 0.2) is 0 Å². The summed E-state index contributed by atoms with van der Waals surface area (Å²) in [6.07, 6.45) is 4.42. The number of rotatable bonds is 5. The zero-order chi connectivity index (χ0) is 20.4. The van der Waals surface area contributed by atoms with Gasteiger partial charge in [0.2, 0.25) is 17.7 Å². The number of allylic oxidation sites excluding steroid dienone is 1. The average molecular weight is 390 g/mol. The molecular weight excluding hydrogens is 368 g/mol. The molecule has 1 heterocycles. The second-order valence-electron chi connectivity index (χ2n) is 7.26. The number of nitrogens with one attached hydrogen (secondary N) is 1. The molecule has 2 aromatic rings. The molecule has 1 aliphatic heterocycles. The van der Waals surface area contributed by atoms with Crippen LogP contribution in [0.3, 0.4) is 0 Å². The molecule has 0 bridgehead atoms. The van der Waals surface area contributed by atoms with Crippen molar-refractivity contribution in [1.82, 2.24) is 5.32 Å². The predicted octanol–water partition coefficient (Wildman–Crippen LogP) is 2.49. The predicted molar refractivity (Wildman–Crippen MR) is 108 cm³/mol. The highest BCUT2D eigenvalue weighted by Crippen LogP contribution is 2.38. The van der Waals surface area contributed by atoms with Gasteiger partial charge in [-0.15, -0.1) is 0 Å². The number of benzene rings is 2. The van der Waals surface area contributed by atoms with Gasteiger partial charge in [-0.05, 0) is 36.2 Å². The average Bonchev–Trinajstić information content (AvgIpc) is 3.00. The van der Waals surface area contributed by atoms with Crippen molar-refractivity contribution in [1.29, 1.82) is 0 Å². The van der Waals surface area contributed by atoms with E-state index in [0.717, 1.165) is 5.56 Å². The fourth-order valence-electron chi connectivity index (χ4n) is 4.03. The number of fused-ring (bicyclic) bond motifs is 1. The number of imide groups is 1. The lowest BCUT2D eigenvalue weighted by molar-refractivity contribution is -0.124. The molecule has 2 aliphatic rings. The minimum absolute atomic E-state index is 0.172. The van der Waals surface area contributed by atoms with Gasteiger partial charge < -0.3 is 10.1 Å². The Morgan fingerprint density at radius 1 is 1.07 bits per heavy atom. The molecule has 1 saturated heterocycles. The SMILES string of the molecule is COc1ccc(N2C(=O)C3CC=CC(NC(=O)Cc4ccccc4)C3C2=O)cc1. The number of anilines is 1. The molecule has 1 aliphatic carbocycles. The van der Waals surface area contributed by atoms with Gasteiger partial charge in [-0.1, -0.05) is 42.5 Å².